The van der Waals surface area contributed by atoms with Crippen LogP contribution >= 0.6 is 0 Å². The quantitative estimate of drug-likeness (QED) is 0.802. The van der Waals surface area contributed by atoms with E-state index in [1.165, 1.54) is 12.1 Å². The molecular formula is C14H24FN3. The Hall–Kier alpha value is -0.970. The molecule has 3 nitrogen and oxygen atoms in total. The number of hydrogen-bond donors (Lipinski definition) is 1. The second-order valence-electron chi connectivity index (χ2n) is 5.01. The van der Waals surface area contributed by atoms with Gasteiger partial charge in [0.1, 0.15) is 5.82 Å². The standard InChI is InChI=1S/C14H24FN3/c1-17(2)7-4-8-18(3)11-12-5-6-14(15)9-13(12)10-16/h5-6,9H,4,7-8,10-11,16H2,1-3H3. The fraction of sp³-hybridized carbons (Fsp3) is 0.571. The average molecular weight is 253 g/mol. The van der Waals surface area contributed by atoms with Gasteiger partial charge in [-0.1, -0.05) is 6.07 Å². The molecule has 0 unspecified atom stereocenters. The highest BCUT2D eigenvalue weighted by molar-refractivity contribution is 5.27. The molecule has 0 aliphatic heterocycles. The highest BCUT2D eigenvalue weighted by Crippen LogP contribution is 2.13. The van der Waals surface area contributed by atoms with Gasteiger partial charge in [0, 0.05) is 13.1 Å². The minimum atomic E-state index is -0.213. The van der Waals surface area contributed by atoms with Crippen molar-refractivity contribution in [3.05, 3.63) is 35.1 Å². The molecule has 0 aliphatic rings. The Labute approximate surface area is 109 Å². The smallest absolute Gasteiger partial charge is 0.123 e. The normalized spacial score (nSPS) is 11.5. The summed E-state index contributed by atoms with van der Waals surface area (Å²) in [5, 5.41) is 0. The fourth-order valence-electron chi connectivity index (χ4n) is 1.97. The van der Waals surface area contributed by atoms with Crippen molar-refractivity contribution in [2.45, 2.75) is 19.5 Å². The molecule has 0 saturated heterocycles. The predicted octanol–water partition coefficient (Wildman–Crippen LogP) is 1.67. The lowest BCUT2D eigenvalue weighted by molar-refractivity contribution is 0.294. The first kappa shape index (κ1) is 15.1. The molecule has 0 heterocycles. The van der Waals surface area contributed by atoms with Crippen LogP contribution in [0.2, 0.25) is 0 Å². The van der Waals surface area contributed by atoms with Crippen molar-refractivity contribution < 1.29 is 4.39 Å². The lowest BCUT2D eigenvalue weighted by Crippen LogP contribution is -2.24. The first-order valence-electron chi connectivity index (χ1n) is 6.33. The summed E-state index contributed by atoms with van der Waals surface area (Å²) in [5.41, 5.74) is 7.66. The Balaban J connectivity index is 2.50. The van der Waals surface area contributed by atoms with Crippen molar-refractivity contribution in [1.82, 2.24) is 9.80 Å². The van der Waals surface area contributed by atoms with Gasteiger partial charge in [-0.3, -0.25) is 0 Å². The first-order valence-corrected chi connectivity index (χ1v) is 6.33. The lowest BCUT2D eigenvalue weighted by Gasteiger charge is -2.19. The topological polar surface area (TPSA) is 32.5 Å². The third-order valence-electron chi connectivity index (χ3n) is 2.97. The van der Waals surface area contributed by atoms with Crippen molar-refractivity contribution in [2.24, 2.45) is 5.73 Å². The number of nitrogens with two attached hydrogens (primary N) is 1. The fourth-order valence-corrected chi connectivity index (χ4v) is 1.97. The summed E-state index contributed by atoms with van der Waals surface area (Å²) in [5.74, 6) is -0.213. The van der Waals surface area contributed by atoms with Gasteiger partial charge in [-0.2, -0.15) is 0 Å². The second-order valence-corrected chi connectivity index (χ2v) is 5.01. The van der Waals surface area contributed by atoms with E-state index in [1.54, 1.807) is 0 Å². The largest absolute Gasteiger partial charge is 0.326 e. The van der Waals surface area contributed by atoms with Gasteiger partial charge in [0.25, 0.3) is 0 Å². The molecule has 1 rings (SSSR count). The minimum Gasteiger partial charge on any atom is -0.326 e. The van der Waals surface area contributed by atoms with E-state index in [9.17, 15) is 4.39 Å². The van der Waals surface area contributed by atoms with E-state index in [4.69, 9.17) is 5.73 Å². The first-order chi connectivity index (χ1) is 8.52. The van der Waals surface area contributed by atoms with Gasteiger partial charge in [-0.15, -0.1) is 0 Å². The van der Waals surface area contributed by atoms with Crippen LogP contribution in [-0.2, 0) is 13.1 Å². The van der Waals surface area contributed by atoms with Crippen molar-refractivity contribution in [2.75, 3.05) is 34.2 Å². The van der Waals surface area contributed by atoms with Crippen LogP contribution in [0.3, 0.4) is 0 Å². The maximum absolute atomic E-state index is 13.1. The number of benzene rings is 1. The molecule has 4 heteroatoms. The van der Waals surface area contributed by atoms with Crippen LogP contribution in [0.1, 0.15) is 17.5 Å². The van der Waals surface area contributed by atoms with Gasteiger partial charge < -0.3 is 15.5 Å². The van der Waals surface area contributed by atoms with Crippen molar-refractivity contribution in [3.8, 4) is 0 Å². The zero-order chi connectivity index (χ0) is 13.5. The Kier molecular flexibility index (Phi) is 6.25. The van der Waals surface area contributed by atoms with Gasteiger partial charge in [0.05, 0.1) is 0 Å². The predicted molar refractivity (Wildman–Crippen MR) is 73.8 cm³/mol. The van der Waals surface area contributed by atoms with Gasteiger partial charge >= 0.3 is 0 Å². The highest BCUT2D eigenvalue weighted by atomic mass is 19.1. The van der Waals surface area contributed by atoms with Crippen molar-refractivity contribution in [3.63, 3.8) is 0 Å². The molecule has 0 bridgehead atoms. The van der Waals surface area contributed by atoms with Gasteiger partial charge in [-0.05, 0) is 63.9 Å². The Morgan fingerprint density at radius 2 is 1.83 bits per heavy atom. The summed E-state index contributed by atoms with van der Waals surface area (Å²) in [4.78, 5) is 4.42. The van der Waals surface area contributed by atoms with Gasteiger partial charge in [-0.25, -0.2) is 4.39 Å². The van der Waals surface area contributed by atoms with E-state index in [2.05, 4.69) is 30.9 Å². The van der Waals surface area contributed by atoms with E-state index in [1.807, 2.05) is 6.07 Å². The molecule has 2 N–H and O–H groups in total. The van der Waals surface area contributed by atoms with Crippen LogP contribution in [0, 0.1) is 5.82 Å². The molecule has 0 aliphatic carbocycles. The maximum atomic E-state index is 13.1. The molecule has 102 valence electrons. The van der Waals surface area contributed by atoms with Crippen molar-refractivity contribution in [1.29, 1.82) is 0 Å². The SMILES string of the molecule is CN(C)CCCN(C)Cc1ccc(F)cc1CN. The average Bonchev–Trinajstić information content (AvgIpc) is 2.31. The zero-order valence-electron chi connectivity index (χ0n) is 11.6. The van der Waals surface area contributed by atoms with Crippen LogP contribution in [-0.4, -0.2) is 44.0 Å². The van der Waals surface area contributed by atoms with Gasteiger partial charge in [0.2, 0.25) is 0 Å². The van der Waals surface area contributed by atoms with E-state index < -0.39 is 0 Å². The summed E-state index contributed by atoms with van der Waals surface area (Å²) in [6.45, 7) is 3.32. The molecule has 0 atom stereocenters. The summed E-state index contributed by atoms with van der Waals surface area (Å²) in [6.07, 6.45) is 1.13. The van der Waals surface area contributed by atoms with Crippen LogP contribution in [0.25, 0.3) is 0 Å². The number of rotatable bonds is 7. The van der Waals surface area contributed by atoms with Crippen LogP contribution in [0.4, 0.5) is 4.39 Å². The third-order valence-corrected chi connectivity index (χ3v) is 2.97. The highest BCUT2D eigenvalue weighted by Gasteiger charge is 2.06. The number of hydrogen-bond acceptors (Lipinski definition) is 3. The Morgan fingerprint density at radius 1 is 1.11 bits per heavy atom. The van der Waals surface area contributed by atoms with Crippen LogP contribution in [0.5, 0.6) is 0 Å². The molecule has 0 saturated carbocycles. The third kappa shape index (κ3) is 5.12. The molecule has 0 fully saturated rings. The van der Waals surface area contributed by atoms with Crippen molar-refractivity contribution >= 4 is 0 Å². The molecule has 1 aromatic rings. The molecule has 0 aromatic heterocycles. The summed E-state index contributed by atoms with van der Waals surface area (Å²) < 4.78 is 13.1. The van der Waals surface area contributed by atoms with E-state index >= 15 is 0 Å². The summed E-state index contributed by atoms with van der Waals surface area (Å²) in [6, 6.07) is 4.87. The zero-order valence-corrected chi connectivity index (χ0v) is 11.6. The molecule has 0 radical (unpaired) electrons. The van der Waals surface area contributed by atoms with E-state index in [-0.39, 0.29) is 5.82 Å². The maximum Gasteiger partial charge on any atom is 0.123 e. The van der Waals surface area contributed by atoms with Gasteiger partial charge in [0.15, 0.2) is 0 Å². The number of halogens is 1. The molecule has 1 aromatic carbocycles. The van der Waals surface area contributed by atoms with Crippen LogP contribution < -0.4 is 5.73 Å². The second kappa shape index (κ2) is 7.46. The molecule has 18 heavy (non-hydrogen) atoms. The lowest BCUT2D eigenvalue weighted by atomic mass is 10.1. The molecule has 0 amide bonds. The molecule has 0 spiro atoms. The summed E-state index contributed by atoms with van der Waals surface area (Å²) >= 11 is 0. The Bertz CT molecular complexity index is 366. The van der Waals surface area contributed by atoms with Crippen LogP contribution in [0.15, 0.2) is 18.2 Å². The number of nitrogens with zero attached hydrogens (tertiary/aromatic N) is 2. The van der Waals surface area contributed by atoms with E-state index in [0.29, 0.717) is 6.54 Å². The minimum absolute atomic E-state index is 0.213. The Morgan fingerprint density at radius 3 is 2.44 bits per heavy atom. The summed E-state index contributed by atoms with van der Waals surface area (Å²) in [7, 11) is 6.23. The van der Waals surface area contributed by atoms with E-state index in [0.717, 1.165) is 37.2 Å². The monoisotopic (exact) mass is 253 g/mol. The molecular weight excluding hydrogens is 229 g/mol.